The minimum Gasteiger partial charge on any atom is -0.459 e. The average Bonchev–Trinajstić information content (AvgIpc) is 3.24. The van der Waals surface area contributed by atoms with Gasteiger partial charge in [-0.3, -0.25) is 13.9 Å². The third-order valence-electron chi connectivity index (χ3n) is 5.77. The molecule has 2 aromatic heterocycles. The SMILES string of the molecule is Cn1c(=O)n(CCCOC(=O)C(F)(F)F)c(=O)c2c(Cc3ccc(Cl)cc3)c(Oc3cccc(OC(F)(F)F)c3)sc21. The van der Waals surface area contributed by atoms with Crippen LogP contribution >= 0.6 is 22.9 Å². The number of aromatic nitrogens is 2. The fourth-order valence-electron chi connectivity index (χ4n) is 3.94. The summed E-state index contributed by atoms with van der Waals surface area (Å²) in [6.45, 7) is -1.06. The second kappa shape index (κ2) is 12.1. The Morgan fingerprint density at radius 2 is 1.67 bits per heavy atom. The predicted octanol–water partition coefficient (Wildman–Crippen LogP) is 6.19. The number of ether oxygens (including phenoxy) is 3. The number of thiophene rings is 1. The fraction of sp³-hybridized carbons (Fsp3) is 0.269. The maximum atomic E-state index is 13.6. The Bertz CT molecular complexity index is 1730. The van der Waals surface area contributed by atoms with Crippen LogP contribution in [0.5, 0.6) is 16.6 Å². The quantitative estimate of drug-likeness (QED) is 0.124. The second-order valence-corrected chi connectivity index (χ2v) is 10.2. The third kappa shape index (κ3) is 7.26. The summed E-state index contributed by atoms with van der Waals surface area (Å²) in [5.41, 5.74) is -0.588. The predicted molar refractivity (Wildman–Crippen MR) is 140 cm³/mol. The summed E-state index contributed by atoms with van der Waals surface area (Å²) in [5.74, 6) is -2.98. The van der Waals surface area contributed by atoms with Gasteiger partial charge in [0.1, 0.15) is 16.3 Å². The van der Waals surface area contributed by atoms with Crippen LogP contribution in [0.3, 0.4) is 0 Å². The molecule has 4 rings (SSSR count). The number of rotatable bonds is 9. The Labute approximate surface area is 241 Å². The lowest BCUT2D eigenvalue weighted by Gasteiger charge is -2.11. The van der Waals surface area contributed by atoms with Crippen LogP contribution in [0.1, 0.15) is 17.5 Å². The lowest BCUT2D eigenvalue weighted by molar-refractivity contribution is -0.274. The molecule has 0 saturated heterocycles. The molecule has 0 radical (unpaired) electrons. The van der Waals surface area contributed by atoms with Crippen molar-refractivity contribution in [3.63, 3.8) is 0 Å². The molecular formula is C26H19ClF6N2O6S. The smallest absolute Gasteiger partial charge is 0.459 e. The van der Waals surface area contributed by atoms with Crippen LogP contribution in [-0.2, 0) is 29.5 Å². The van der Waals surface area contributed by atoms with Crippen molar-refractivity contribution in [2.24, 2.45) is 7.05 Å². The van der Waals surface area contributed by atoms with Gasteiger partial charge in [-0.15, -0.1) is 13.2 Å². The van der Waals surface area contributed by atoms with Crippen molar-refractivity contribution in [3.05, 3.63) is 85.5 Å². The molecule has 2 heterocycles. The molecule has 224 valence electrons. The number of hydrogen-bond donors (Lipinski definition) is 0. The highest BCUT2D eigenvalue weighted by molar-refractivity contribution is 7.20. The summed E-state index contributed by atoms with van der Waals surface area (Å²) in [6.07, 6.45) is -10.3. The first kappa shape index (κ1) is 31.0. The van der Waals surface area contributed by atoms with Gasteiger partial charge in [-0.2, -0.15) is 13.2 Å². The van der Waals surface area contributed by atoms with Crippen molar-refractivity contribution < 1.29 is 45.3 Å². The zero-order valence-corrected chi connectivity index (χ0v) is 22.9. The van der Waals surface area contributed by atoms with Gasteiger partial charge in [0.25, 0.3) is 5.56 Å². The van der Waals surface area contributed by atoms with Crippen LogP contribution in [0.4, 0.5) is 26.3 Å². The maximum Gasteiger partial charge on any atom is 0.573 e. The first-order valence-corrected chi connectivity index (χ1v) is 13.1. The number of benzene rings is 2. The van der Waals surface area contributed by atoms with Gasteiger partial charge in [-0.25, -0.2) is 9.59 Å². The number of nitrogens with zero attached hydrogens (tertiary/aromatic N) is 2. The Morgan fingerprint density at radius 3 is 2.31 bits per heavy atom. The molecule has 16 heteroatoms. The van der Waals surface area contributed by atoms with Crippen molar-refractivity contribution in [2.45, 2.75) is 31.9 Å². The number of fused-ring (bicyclic) bond motifs is 1. The topological polar surface area (TPSA) is 88.8 Å². The maximum absolute atomic E-state index is 13.6. The van der Waals surface area contributed by atoms with E-state index in [0.29, 0.717) is 16.1 Å². The first-order valence-electron chi connectivity index (χ1n) is 11.9. The molecule has 0 fully saturated rings. The summed E-state index contributed by atoms with van der Waals surface area (Å²) < 4.78 is 91.3. The van der Waals surface area contributed by atoms with Crippen LogP contribution in [-0.4, -0.2) is 34.2 Å². The molecule has 0 amide bonds. The van der Waals surface area contributed by atoms with Gasteiger partial charge >= 0.3 is 24.2 Å². The molecule has 0 spiro atoms. The van der Waals surface area contributed by atoms with E-state index in [0.717, 1.165) is 32.6 Å². The Morgan fingerprint density at radius 1 is 1.00 bits per heavy atom. The van der Waals surface area contributed by atoms with Crippen molar-refractivity contribution in [2.75, 3.05) is 6.61 Å². The molecule has 4 aromatic rings. The highest BCUT2D eigenvalue weighted by atomic mass is 35.5. The zero-order valence-electron chi connectivity index (χ0n) is 21.3. The van der Waals surface area contributed by atoms with E-state index in [-0.39, 0.29) is 40.4 Å². The van der Waals surface area contributed by atoms with Gasteiger partial charge in [-0.1, -0.05) is 41.1 Å². The number of aryl methyl sites for hydroxylation is 1. The standard InChI is InChI=1S/C26H19ClF6N2O6S/c1-34-21-19(20(36)35(24(34)38)10-3-11-39-23(37)25(28,29)30)18(12-14-6-8-15(27)9-7-14)22(42-21)40-16-4-2-5-17(13-16)41-26(31,32)33/h2,4-9,13H,3,10-12H2,1H3. The van der Waals surface area contributed by atoms with Crippen LogP contribution < -0.4 is 20.7 Å². The molecule has 0 aliphatic rings. The molecule has 0 aliphatic carbocycles. The highest BCUT2D eigenvalue weighted by Gasteiger charge is 2.40. The van der Waals surface area contributed by atoms with E-state index in [9.17, 15) is 40.7 Å². The van der Waals surface area contributed by atoms with Crippen molar-refractivity contribution in [1.82, 2.24) is 9.13 Å². The number of hydrogen-bond acceptors (Lipinski definition) is 7. The normalized spacial score (nSPS) is 12.0. The molecule has 0 atom stereocenters. The van der Waals surface area contributed by atoms with E-state index in [1.54, 1.807) is 24.3 Å². The van der Waals surface area contributed by atoms with Crippen LogP contribution in [0.2, 0.25) is 5.02 Å². The van der Waals surface area contributed by atoms with Gasteiger partial charge in [0.05, 0.1) is 12.0 Å². The average molecular weight is 637 g/mol. The molecule has 0 aliphatic heterocycles. The Hall–Kier alpha value is -3.98. The van der Waals surface area contributed by atoms with E-state index in [1.165, 1.54) is 19.2 Å². The number of alkyl halides is 6. The van der Waals surface area contributed by atoms with E-state index in [2.05, 4.69) is 9.47 Å². The van der Waals surface area contributed by atoms with Crippen LogP contribution in [0.25, 0.3) is 10.2 Å². The minimum absolute atomic E-state index is 0.0440. The zero-order chi connectivity index (χ0) is 30.8. The number of halogens is 7. The molecule has 0 unspecified atom stereocenters. The van der Waals surface area contributed by atoms with E-state index in [4.69, 9.17) is 16.3 Å². The van der Waals surface area contributed by atoms with Crippen molar-refractivity contribution in [1.29, 1.82) is 0 Å². The van der Waals surface area contributed by atoms with Gasteiger partial charge in [-0.05, 0) is 36.2 Å². The van der Waals surface area contributed by atoms with E-state index < -0.39 is 42.1 Å². The van der Waals surface area contributed by atoms with Gasteiger partial charge in [0.15, 0.2) is 5.06 Å². The summed E-state index contributed by atoms with van der Waals surface area (Å²) in [6, 6.07) is 11.3. The largest absolute Gasteiger partial charge is 0.573 e. The van der Waals surface area contributed by atoms with E-state index >= 15 is 0 Å². The molecule has 0 bridgehead atoms. The van der Waals surface area contributed by atoms with Crippen molar-refractivity contribution in [3.8, 4) is 16.6 Å². The van der Waals surface area contributed by atoms with Crippen LogP contribution in [0, 0.1) is 0 Å². The lowest BCUT2D eigenvalue weighted by Crippen LogP contribution is -2.39. The van der Waals surface area contributed by atoms with Gasteiger partial charge in [0, 0.05) is 36.7 Å². The second-order valence-electron chi connectivity index (χ2n) is 8.76. The van der Waals surface area contributed by atoms with E-state index in [1.807, 2.05) is 0 Å². The number of carbonyl (C=O) groups is 1. The highest BCUT2D eigenvalue weighted by Crippen LogP contribution is 2.40. The van der Waals surface area contributed by atoms with Crippen LogP contribution in [0.15, 0.2) is 58.1 Å². The summed E-state index contributed by atoms with van der Waals surface area (Å²) in [4.78, 5) is 37.7. The summed E-state index contributed by atoms with van der Waals surface area (Å²) >= 11 is 6.88. The van der Waals surface area contributed by atoms with Crippen molar-refractivity contribution >= 4 is 39.1 Å². The summed E-state index contributed by atoms with van der Waals surface area (Å²) in [5, 5.41) is 0.609. The number of carbonyl (C=O) groups excluding carboxylic acids is 1. The molecule has 42 heavy (non-hydrogen) atoms. The fourth-order valence-corrected chi connectivity index (χ4v) is 5.20. The molecular weight excluding hydrogens is 618 g/mol. The first-order chi connectivity index (χ1) is 19.6. The summed E-state index contributed by atoms with van der Waals surface area (Å²) in [7, 11) is 1.37. The minimum atomic E-state index is -5.19. The molecule has 0 saturated carbocycles. The molecule has 0 N–H and O–H groups in total. The van der Waals surface area contributed by atoms with Gasteiger partial charge < -0.3 is 14.2 Å². The Balaban J connectivity index is 1.75. The number of esters is 1. The third-order valence-corrected chi connectivity index (χ3v) is 7.21. The monoisotopic (exact) mass is 636 g/mol. The van der Waals surface area contributed by atoms with Gasteiger partial charge in [0.2, 0.25) is 0 Å². The Kier molecular flexibility index (Phi) is 8.92. The molecule has 8 nitrogen and oxygen atoms in total. The lowest BCUT2D eigenvalue weighted by atomic mass is 10.1. The molecule has 2 aromatic carbocycles.